The number of hydrogen-bond donors (Lipinski definition) is 0. The van der Waals surface area contributed by atoms with Gasteiger partial charge < -0.3 is 0 Å². The Morgan fingerprint density at radius 3 is 0.783 bits per heavy atom. The van der Waals surface area contributed by atoms with Crippen LogP contribution in [0.25, 0.3) is 0 Å². The van der Waals surface area contributed by atoms with Gasteiger partial charge in [-0.2, -0.15) is 0 Å². The Hall–Kier alpha value is 0. The molecule has 1 unspecified atom stereocenters. The third-order valence-electron chi connectivity index (χ3n) is 11.8. The first kappa shape index (κ1) is 46.0. The van der Waals surface area contributed by atoms with Gasteiger partial charge in [0.2, 0.25) is 0 Å². The average molecular weight is 647 g/mol. The van der Waals surface area contributed by atoms with Crippen LogP contribution < -0.4 is 0 Å². The quantitative estimate of drug-likeness (QED) is 0.0581. The van der Waals surface area contributed by atoms with Crippen molar-refractivity contribution in [1.82, 2.24) is 0 Å². The summed E-state index contributed by atoms with van der Waals surface area (Å²) in [5, 5.41) is 0. The monoisotopic (exact) mass is 647 g/mol. The minimum absolute atomic E-state index is 0.633. The summed E-state index contributed by atoms with van der Waals surface area (Å²) in [6.07, 6.45) is 57.5. The molecule has 0 aromatic carbocycles. The first-order chi connectivity index (χ1) is 22.7. The summed E-state index contributed by atoms with van der Waals surface area (Å²) in [5.74, 6) is 0.993. The molecule has 278 valence electrons. The zero-order chi connectivity index (χ0) is 33.7. The Morgan fingerprint density at radius 1 is 0.283 bits per heavy atom. The van der Waals surface area contributed by atoms with Crippen LogP contribution in [0.1, 0.15) is 285 Å². The standard InChI is InChI=1S/C46H94/c1-6-11-15-19-23-27-29-33-37-41-45(40-36-32-28-24-20-16-12-7-2)44-46(10-5,42-38-34-30-25-21-17-13-8-3)43-39-35-31-26-22-18-14-9-4/h45H,6-44H2,1-5H3. The van der Waals surface area contributed by atoms with Crippen LogP contribution in [0.3, 0.4) is 0 Å². The fraction of sp³-hybridized carbons (Fsp3) is 1.00. The maximum Gasteiger partial charge on any atom is -0.0297 e. The highest BCUT2D eigenvalue weighted by molar-refractivity contribution is 4.82. The second-order valence-electron chi connectivity index (χ2n) is 16.3. The first-order valence-electron chi connectivity index (χ1n) is 22.7. The molecule has 0 heteroatoms. The van der Waals surface area contributed by atoms with Crippen molar-refractivity contribution >= 4 is 0 Å². The lowest BCUT2D eigenvalue weighted by Gasteiger charge is -2.37. The largest absolute Gasteiger partial charge is 0.0654 e. The zero-order valence-corrected chi connectivity index (χ0v) is 33.7. The molecule has 0 radical (unpaired) electrons. The van der Waals surface area contributed by atoms with Crippen LogP contribution in [0.4, 0.5) is 0 Å². The lowest BCUT2D eigenvalue weighted by Crippen LogP contribution is -2.24. The molecule has 1 atom stereocenters. The molecule has 0 aromatic heterocycles. The second kappa shape index (κ2) is 37.8. The summed E-state index contributed by atoms with van der Waals surface area (Å²) in [5.41, 5.74) is 0.633. The molecule has 0 aliphatic carbocycles. The van der Waals surface area contributed by atoms with Gasteiger partial charge in [0.25, 0.3) is 0 Å². The fourth-order valence-corrected chi connectivity index (χ4v) is 8.37. The molecule has 0 aromatic rings. The van der Waals surface area contributed by atoms with E-state index in [0.717, 1.165) is 5.92 Å². The topological polar surface area (TPSA) is 0 Å². The highest BCUT2D eigenvalue weighted by atomic mass is 14.4. The van der Waals surface area contributed by atoms with Gasteiger partial charge in [-0.1, -0.05) is 266 Å². The van der Waals surface area contributed by atoms with Crippen molar-refractivity contribution in [2.45, 2.75) is 285 Å². The van der Waals surface area contributed by atoms with E-state index in [-0.39, 0.29) is 0 Å². The number of hydrogen-bond acceptors (Lipinski definition) is 0. The van der Waals surface area contributed by atoms with E-state index in [1.165, 1.54) is 244 Å². The molecule has 0 N–H and O–H groups in total. The van der Waals surface area contributed by atoms with Gasteiger partial charge in [0, 0.05) is 0 Å². The maximum atomic E-state index is 2.58. The first-order valence-corrected chi connectivity index (χ1v) is 22.7. The van der Waals surface area contributed by atoms with E-state index in [1.807, 2.05) is 0 Å². The van der Waals surface area contributed by atoms with E-state index in [1.54, 1.807) is 6.42 Å². The van der Waals surface area contributed by atoms with E-state index in [4.69, 9.17) is 0 Å². The Morgan fingerprint density at radius 2 is 0.522 bits per heavy atom. The Labute approximate surface area is 295 Å². The molecule has 0 spiro atoms. The van der Waals surface area contributed by atoms with Crippen LogP contribution in [0.5, 0.6) is 0 Å². The summed E-state index contributed by atoms with van der Waals surface area (Å²) >= 11 is 0. The third kappa shape index (κ3) is 31.3. The zero-order valence-electron chi connectivity index (χ0n) is 33.7. The van der Waals surface area contributed by atoms with Gasteiger partial charge in [-0.3, -0.25) is 0 Å². The maximum absolute atomic E-state index is 2.58. The van der Waals surface area contributed by atoms with Crippen LogP contribution in [0.2, 0.25) is 0 Å². The summed E-state index contributed by atoms with van der Waals surface area (Å²) < 4.78 is 0. The number of unbranched alkanes of at least 4 members (excludes halogenated alkanes) is 29. The summed E-state index contributed by atoms with van der Waals surface area (Å²) in [6.45, 7) is 11.9. The summed E-state index contributed by atoms with van der Waals surface area (Å²) in [6, 6.07) is 0. The molecular formula is C46H94. The second-order valence-corrected chi connectivity index (χ2v) is 16.3. The molecular weight excluding hydrogens is 553 g/mol. The molecule has 0 fully saturated rings. The molecule has 0 aliphatic heterocycles. The molecule has 0 aliphatic rings. The van der Waals surface area contributed by atoms with Gasteiger partial charge in [0.15, 0.2) is 0 Å². The van der Waals surface area contributed by atoms with Crippen molar-refractivity contribution in [3.05, 3.63) is 0 Å². The van der Waals surface area contributed by atoms with Crippen molar-refractivity contribution in [3.8, 4) is 0 Å². The molecule has 0 bridgehead atoms. The molecule has 0 saturated heterocycles. The normalized spacial score (nSPS) is 12.7. The molecule has 0 heterocycles. The Kier molecular flexibility index (Phi) is 37.8. The highest BCUT2D eigenvalue weighted by Crippen LogP contribution is 2.43. The van der Waals surface area contributed by atoms with E-state index < -0.39 is 0 Å². The molecule has 0 amide bonds. The average Bonchev–Trinajstić information content (AvgIpc) is 3.07. The van der Waals surface area contributed by atoms with Crippen molar-refractivity contribution in [1.29, 1.82) is 0 Å². The lowest BCUT2D eigenvalue weighted by atomic mass is 9.68. The van der Waals surface area contributed by atoms with Crippen molar-refractivity contribution in [3.63, 3.8) is 0 Å². The van der Waals surface area contributed by atoms with Crippen molar-refractivity contribution < 1.29 is 0 Å². The van der Waals surface area contributed by atoms with Crippen molar-refractivity contribution in [2.75, 3.05) is 0 Å². The lowest BCUT2D eigenvalue weighted by molar-refractivity contribution is 0.146. The van der Waals surface area contributed by atoms with E-state index in [2.05, 4.69) is 34.6 Å². The van der Waals surface area contributed by atoms with Gasteiger partial charge in [-0.05, 0) is 30.6 Å². The fourth-order valence-electron chi connectivity index (χ4n) is 8.37. The van der Waals surface area contributed by atoms with Crippen LogP contribution in [-0.4, -0.2) is 0 Å². The predicted molar refractivity (Wildman–Crippen MR) is 214 cm³/mol. The van der Waals surface area contributed by atoms with Crippen LogP contribution >= 0.6 is 0 Å². The Bertz CT molecular complexity index is 514. The number of rotatable bonds is 40. The van der Waals surface area contributed by atoms with Gasteiger partial charge in [0.05, 0.1) is 0 Å². The summed E-state index contributed by atoms with van der Waals surface area (Å²) in [4.78, 5) is 0. The van der Waals surface area contributed by atoms with Gasteiger partial charge in [0.1, 0.15) is 0 Å². The predicted octanol–water partition coefficient (Wildman–Crippen LogP) is 17.9. The van der Waals surface area contributed by atoms with E-state index in [0.29, 0.717) is 5.41 Å². The highest BCUT2D eigenvalue weighted by Gasteiger charge is 2.30. The third-order valence-corrected chi connectivity index (χ3v) is 11.8. The molecule has 0 nitrogen and oxygen atoms in total. The molecule has 0 saturated carbocycles. The smallest absolute Gasteiger partial charge is 0.0297 e. The van der Waals surface area contributed by atoms with Crippen molar-refractivity contribution in [2.24, 2.45) is 11.3 Å². The minimum atomic E-state index is 0.633. The SMILES string of the molecule is CCCCCCCCCCCC(CCCCCCCCCC)CC(CC)(CCCCCCCCCC)CCCCCCCCCC. The van der Waals surface area contributed by atoms with Crippen LogP contribution in [0, 0.1) is 11.3 Å². The van der Waals surface area contributed by atoms with Crippen LogP contribution in [0.15, 0.2) is 0 Å². The van der Waals surface area contributed by atoms with E-state index in [9.17, 15) is 0 Å². The van der Waals surface area contributed by atoms with E-state index >= 15 is 0 Å². The summed E-state index contributed by atoms with van der Waals surface area (Å²) in [7, 11) is 0. The minimum Gasteiger partial charge on any atom is -0.0654 e. The van der Waals surface area contributed by atoms with Gasteiger partial charge in [-0.15, -0.1) is 0 Å². The van der Waals surface area contributed by atoms with Crippen LogP contribution in [-0.2, 0) is 0 Å². The van der Waals surface area contributed by atoms with Gasteiger partial charge >= 0.3 is 0 Å². The molecule has 0 rings (SSSR count). The Balaban J connectivity index is 5.03. The van der Waals surface area contributed by atoms with Gasteiger partial charge in [-0.25, -0.2) is 0 Å². The molecule has 46 heavy (non-hydrogen) atoms.